The van der Waals surface area contributed by atoms with Gasteiger partial charge >= 0.3 is 0 Å². The van der Waals surface area contributed by atoms with Gasteiger partial charge in [-0.2, -0.15) is 0 Å². The third kappa shape index (κ3) is 3.10. The molecule has 0 aliphatic carbocycles. The molecule has 1 atom stereocenters. The SMILES string of the molecule is CCC(C)c1ccccc1Oc1cccc(Br)n1. The van der Waals surface area contributed by atoms with E-state index in [1.165, 1.54) is 5.56 Å². The summed E-state index contributed by atoms with van der Waals surface area (Å²) in [6.07, 6.45) is 1.09. The number of nitrogens with zero attached hydrogens (tertiary/aromatic N) is 1. The van der Waals surface area contributed by atoms with E-state index in [1.807, 2.05) is 36.4 Å². The molecule has 2 rings (SSSR count). The zero-order valence-electron chi connectivity index (χ0n) is 10.6. The van der Waals surface area contributed by atoms with Gasteiger partial charge in [-0.3, -0.25) is 0 Å². The van der Waals surface area contributed by atoms with Gasteiger partial charge in [0.15, 0.2) is 0 Å². The van der Waals surface area contributed by atoms with E-state index in [9.17, 15) is 0 Å². The lowest BCUT2D eigenvalue weighted by Gasteiger charge is -2.14. The lowest BCUT2D eigenvalue weighted by Crippen LogP contribution is -1.96. The smallest absolute Gasteiger partial charge is 0.220 e. The fourth-order valence-electron chi connectivity index (χ4n) is 1.76. The minimum absolute atomic E-state index is 0.480. The predicted molar refractivity (Wildman–Crippen MR) is 77.2 cm³/mol. The number of halogens is 1. The molecule has 0 saturated carbocycles. The van der Waals surface area contributed by atoms with E-state index >= 15 is 0 Å². The highest BCUT2D eigenvalue weighted by Gasteiger charge is 2.10. The Morgan fingerprint density at radius 1 is 1.17 bits per heavy atom. The molecule has 0 spiro atoms. The minimum atomic E-state index is 0.480. The Balaban J connectivity index is 2.29. The average Bonchev–Trinajstić information content (AvgIpc) is 2.38. The van der Waals surface area contributed by atoms with Crippen LogP contribution in [-0.2, 0) is 0 Å². The number of para-hydroxylation sites is 1. The lowest BCUT2D eigenvalue weighted by molar-refractivity contribution is 0.451. The number of aromatic nitrogens is 1. The zero-order chi connectivity index (χ0) is 13.0. The minimum Gasteiger partial charge on any atom is -0.439 e. The molecule has 0 radical (unpaired) electrons. The molecular weight excluding hydrogens is 290 g/mol. The van der Waals surface area contributed by atoms with Crippen LogP contribution >= 0.6 is 15.9 Å². The van der Waals surface area contributed by atoms with Gasteiger partial charge in [-0.25, -0.2) is 4.98 Å². The number of hydrogen-bond acceptors (Lipinski definition) is 2. The maximum Gasteiger partial charge on any atom is 0.220 e. The van der Waals surface area contributed by atoms with Crippen LogP contribution in [0.25, 0.3) is 0 Å². The summed E-state index contributed by atoms with van der Waals surface area (Å²) < 4.78 is 6.65. The molecule has 94 valence electrons. The summed E-state index contributed by atoms with van der Waals surface area (Å²) in [5.74, 6) is 1.98. The first-order chi connectivity index (χ1) is 8.70. The summed E-state index contributed by atoms with van der Waals surface area (Å²) in [5.41, 5.74) is 1.22. The van der Waals surface area contributed by atoms with Crippen molar-refractivity contribution in [2.45, 2.75) is 26.2 Å². The Bertz CT molecular complexity index is 527. The van der Waals surface area contributed by atoms with Gasteiger partial charge < -0.3 is 4.74 Å². The third-order valence-electron chi connectivity index (χ3n) is 2.97. The maximum absolute atomic E-state index is 5.87. The van der Waals surface area contributed by atoms with Crippen molar-refractivity contribution in [3.8, 4) is 11.6 Å². The first kappa shape index (κ1) is 13.1. The molecule has 2 aromatic rings. The van der Waals surface area contributed by atoms with Gasteiger partial charge in [0.2, 0.25) is 5.88 Å². The van der Waals surface area contributed by atoms with Gasteiger partial charge in [0.25, 0.3) is 0 Å². The largest absolute Gasteiger partial charge is 0.439 e. The van der Waals surface area contributed by atoms with Crippen LogP contribution in [0.15, 0.2) is 47.1 Å². The molecular formula is C15H16BrNO. The summed E-state index contributed by atoms with van der Waals surface area (Å²) in [4.78, 5) is 4.29. The normalized spacial score (nSPS) is 12.2. The molecule has 1 heterocycles. The highest BCUT2D eigenvalue weighted by molar-refractivity contribution is 9.10. The summed E-state index contributed by atoms with van der Waals surface area (Å²) >= 11 is 3.35. The maximum atomic E-state index is 5.87. The fourth-order valence-corrected chi connectivity index (χ4v) is 2.09. The van der Waals surface area contributed by atoms with Gasteiger partial charge in [0.05, 0.1) is 0 Å². The Kier molecular flexibility index (Phi) is 4.37. The van der Waals surface area contributed by atoms with Gasteiger partial charge in [-0.1, -0.05) is 38.1 Å². The second-order valence-corrected chi connectivity index (χ2v) is 5.06. The molecule has 3 heteroatoms. The van der Waals surface area contributed by atoms with E-state index in [0.29, 0.717) is 11.8 Å². The molecule has 0 aliphatic rings. The summed E-state index contributed by atoms with van der Waals surface area (Å²) in [6, 6.07) is 13.8. The second-order valence-electron chi connectivity index (χ2n) is 4.25. The van der Waals surface area contributed by atoms with Crippen LogP contribution in [0.5, 0.6) is 11.6 Å². The number of hydrogen-bond donors (Lipinski definition) is 0. The summed E-state index contributed by atoms with van der Waals surface area (Å²) in [6.45, 7) is 4.38. The highest BCUT2D eigenvalue weighted by Crippen LogP contribution is 2.31. The molecule has 0 N–H and O–H groups in total. The van der Waals surface area contributed by atoms with Crippen molar-refractivity contribution >= 4 is 15.9 Å². The molecule has 18 heavy (non-hydrogen) atoms. The molecule has 0 aliphatic heterocycles. The molecule has 0 saturated heterocycles. The van der Waals surface area contributed by atoms with Crippen molar-refractivity contribution in [1.82, 2.24) is 4.98 Å². The first-order valence-corrected chi connectivity index (χ1v) is 6.89. The molecule has 1 unspecified atom stereocenters. The third-order valence-corrected chi connectivity index (χ3v) is 3.41. The molecule has 1 aromatic heterocycles. The molecule has 0 fully saturated rings. The van der Waals surface area contributed by atoms with Crippen molar-refractivity contribution < 1.29 is 4.74 Å². The molecule has 0 amide bonds. The van der Waals surface area contributed by atoms with E-state index in [4.69, 9.17) is 4.74 Å². The van der Waals surface area contributed by atoms with E-state index in [1.54, 1.807) is 0 Å². The van der Waals surface area contributed by atoms with Gasteiger partial charge in [-0.15, -0.1) is 0 Å². The number of rotatable bonds is 4. The Labute approximate surface area is 116 Å². The van der Waals surface area contributed by atoms with Crippen molar-refractivity contribution in [1.29, 1.82) is 0 Å². The number of pyridine rings is 1. The summed E-state index contributed by atoms with van der Waals surface area (Å²) in [5, 5.41) is 0. The zero-order valence-corrected chi connectivity index (χ0v) is 12.1. The van der Waals surface area contributed by atoms with Crippen molar-refractivity contribution in [3.05, 3.63) is 52.6 Å². The number of ether oxygens (including phenoxy) is 1. The van der Waals surface area contributed by atoms with E-state index in [-0.39, 0.29) is 0 Å². The number of benzene rings is 1. The topological polar surface area (TPSA) is 22.1 Å². The van der Waals surface area contributed by atoms with Crippen molar-refractivity contribution in [3.63, 3.8) is 0 Å². The second kappa shape index (κ2) is 6.01. The van der Waals surface area contributed by atoms with Crippen LogP contribution in [0.3, 0.4) is 0 Å². The predicted octanol–water partition coefficient (Wildman–Crippen LogP) is 5.15. The quantitative estimate of drug-likeness (QED) is 0.729. The van der Waals surface area contributed by atoms with E-state index < -0.39 is 0 Å². The van der Waals surface area contributed by atoms with Crippen molar-refractivity contribution in [2.24, 2.45) is 0 Å². The van der Waals surface area contributed by atoms with Crippen LogP contribution in [0.4, 0.5) is 0 Å². The Morgan fingerprint density at radius 3 is 2.67 bits per heavy atom. The van der Waals surface area contributed by atoms with Crippen LogP contribution in [-0.4, -0.2) is 4.98 Å². The van der Waals surface area contributed by atoms with Gasteiger partial charge in [0, 0.05) is 6.07 Å². The molecule has 2 nitrogen and oxygen atoms in total. The van der Waals surface area contributed by atoms with Crippen LogP contribution in [0, 0.1) is 0 Å². The Hall–Kier alpha value is -1.35. The van der Waals surface area contributed by atoms with Crippen LogP contribution in [0.1, 0.15) is 31.7 Å². The molecule has 0 bridgehead atoms. The van der Waals surface area contributed by atoms with E-state index in [0.717, 1.165) is 16.8 Å². The standard InChI is InChI=1S/C15H16BrNO/c1-3-11(2)12-7-4-5-8-13(12)18-15-10-6-9-14(16)17-15/h4-11H,3H2,1-2H3. The fraction of sp³-hybridized carbons (Fsp3) is 0.267. The van der Waals surface area contributed by atoms with Gasteiger partial charge in [-0.05, 0) is 46.0 Å². The van der Waals surface area contributed by atoms with Crippen molar-refractivity contribution in [2.75, 3.05) is 0 Å². The monoisotopic (exact) mass is 305 g/mol. The summed E-state index contributed by atoms with van der Waals surface area (Å²) in [7, 11) is 0. The Morgan fingerprint density at radius 2 is 1.94 bits per heavy atom. The average molecular weight is 306 g/mol. The van der Waals surface area contributed by atoms with E-state index in [2.05, 4.69) is 40.8 Å². The van der Waals surface area contributed by atoms with Gasteiger partial charge in [0.1, 0.15) is 10.4 Å². The lowest BCUT2D eigenvalue weighted by atomic mass is 9.98. The van der Waals surface area contributed by atoms with Crippen LogP contribution < -0.4 is 4.74 Å². The first-order valence-electron chi connectivity index (χ1n) is 6.10. The molecule has 1 aromatic carbocycles. The van der Waals surface area contributed by atoms with Crippen LogP contribution in [0.2, 0.25) is 0 Å². The highest BCUT2D eigenvalue weighted by atomic mass is 79.9.